The highest BCUT2D eigenvalue weighted by atomic mass is 32.2. The van der Waals surface area contributed by atoms with Gasteiger partial charge in [-0.1, -0.05) is 6.07 Å². The topological polar surface area (TPSA) is 97.4 Å². The van der Waals surface area contributed by atoms with Gasteiger partial charge in [-0.3, -0.25) is 9.69 Å². The summed E-state index contributed by atoms with van der Waals surface area (Å²) in [5.74, 6) is 0.343. The quantitative estimate of drug-likeness (QED) is 0.705. The number of carbonyl (C=O) groups excluding carboxylic acids is 1. The third-order valence-electron chi connectivity index (χ3n) is 4.75. The van der Waals surface area contributed by atoms with E-state index in [9.17, 15) is 13.2 Å². The number of likely N-dealkylation sites (N-methyl/N-ethyl adjacent to an activating group) is 1. The normalized spacial score (nSPS) is 18.5. The molecular weight excluding hydrogens is 400 g/mol. The molecule has 0 aliphatic carbocycles. The minimum Gasteiger partial charge on any atom is -0.409 e. The number of carbonyl (C=O) groups is 1. The summed E-state index contributed by atoms with van der Waals surface area (Å²) < 4.78 is 30.1. The molecule has 1 aliphatic rings. The predicted molar refractivity (Wildman–Crippen MR) is 108 cm³/mol. The van der Waals surface area contributed by atoms with E-state index in [0.29, 0.717) is 12.3 Å². The van der Waals surface area contributed by atoms with Gasteiger partial charge in [-0.2, -0.15) is 0 Å². The lowest BCUT2D eigenvalue weighted by Crippen LogP contribution is -2.42. The van der Waals surface area contributed by atoms with Crippen LogP contribution >= 0.6 is 12.2 Å². The zero-order valence-corrected chi connectivity index (χ0v) is 17.8. The zero-order chi connectivity index (χ0) is 20.5. The molecule has 0 radical (unpaired) electrons. The molecule has 1 fully saturated rings. The standard InChI is InChI=1S/C18H24N4O4S2/c1-12-4-5-14(8-13(12)2)17-20-22(18(27)26-17)11-21(3)9-16(23)19-15-6-7-28(24,25)10-15/h4-5,8,15H,6-7,9-11H2,1-3H3,(H,19,23)/t15-/m1/s1. The Balaban J connectivity index is 1.60. The van der Waals surface area contributed by atoms with Crippen molar-refractivity contribution in [3.05, 3.63) is 34.2 Å². The summed E-state index contributed by atoms with van der Waals surface area (Å²) in [6.07, 6.45) is 0.464. The fourth-order valence-electron chi connectivity index (χ4n) is 3.09. The minimum absolute atomic E-state index is 0.0100. The van der Waals surface area contributed by atoms with Crippen LogP contribution in [-0.4, -0.2) is 60.1 Å². The maximum Gasteiger partial charge on any atom is 0.288 e. The molecule has 2 heterocycles. The molecule has 1 aromatic heterocycles. The summed E-state index contributed by atoms with van der Waals surface area (Å²) in [4.78, 5) is 14.1. The molecule has 0 saturated carbocycles. The van der Waals surface area contributed by atoms with Crippen molar-refractivity contribution in [3.8, 4) is 11.5 Å². The van der Waals surface area contributed by atoms with Crippen LogP contribution in [0, 0.1) is 18.7 Å². The van der Waals surface area contributed by atoms with E-state index in [1.807, 2.05) is 32.0 Å². The van der Waals surface area contributed by atoms with E-state index in [0.717, 1.165) is 11.1 Å². The summed E-state index contributed by atoms with van der Waals surface area (Å²) in [6.45, 7) is 4.44. The molecule has 8 nitrogen and oxygen atoms in total. The Kier molecular flexibility index (Phi) is 6.01. The van der Waals surface area contributed by atoms with Gasteiger partial charge in [0, 0.05) is 11.6 Å². The molecule has 1 amide bonds. The summed E-state index contributed by atoms with van der Waals surface area (Å²) in [6, 6.07) is 5.62. The van der Waals surface area contributed by atoms with Crippen LogP contribution < -0.4 is 5.32 Å². The number of nitrogens with zero attached hydrogens (tertiary/aromatic N) is 3. The van der Waals surface area contributed by atoms with Crippen LogP contribution in [0.4, 0.5) is 0 Å². The molecule has 1 aromatic carbocycles. The second kappa shape index (κ2) is 8.14. The Labute approximate surface area is 169 Å². The molecule has 28 heavy (non-hydrogen) atoms. The third-order valence-corrected chi connectivity index (χ3v) is 6.81. The predicted octanol–water partition coefficient (Wildman–Crippen LogP) is 1.68. The fraction of sp³-hybridized carbons (Fsp3) is 0.500. The number of sulfone groups is 1. The largest absolute Gasteiger partial charge is 0.409 e. The zero-order valence-electron chi connectivity index (χ0n) is 16.1. The molecule has 1 saturated heterocycles. The summed E-state index contributed by atoms with van der Waals surface area (Å²) in [7, 11) is -1.26. The van der Waals surface area contributed by atoms with Gasteiger partial charge in [0.05, 0.1) is 24.7 Å². The van der Waals surface area contributed by atoms with Crippen molar-refractivity contribution in [2.75, 3.05) is 25.1 Å². The third kappa shape index (κ3) is 5.06. The lowest BCUT2D eigenvalue weighted by atomic mass is 10.1. The van der Waals surface area contributed by atoms with Crippen molar-refractivity contribution in [2.24, 2.45) is 0 Å². The minimum atomic E-state index is -3.02. The molecule has 2 aromatic rings. The molecule has 0 spiro atoms. The first-order chi connectivity index (χ1) is 13.1. The van der Waals surface area contributed by atoms with E-state index >= 15 is 0 Å². The van der Waals surface area contributed by atoms with Gasteiger partial charge in [-0.15, -0.1) is 5.10 Å². The molecule has 152 valence electrons. The Morgan fingerprint density at radius 1 is 1.39 bits per heavy atom. The van der Waals surface area contributed by atoms with Crippen molar-refractivity contribution in [1.82, 2.24) is 20.0 Å². The molecule has 0 bridgehead atoms. The maximum absolute atomic E-state index is 12.2. The highest BCUT2D eigenvalue weighted by Gasteiger charge is 2.29. The van der Waals surface area contributed by atoms with E-state index < -0.39 is 9.84 Å². The molecular formula is C18H24N4O4S2. The first-order valence-electron chi connectivity index (χ1n) is 8.97. The van der Waals surface area contributed by atoms with Crippen molar-refractivity contribution < 1.29 is 17.6 Å². The van der Waals surface area contributed by atoms with Gasteiger partial charge in [0.15, 0.2) is 9.84 Å². The molecule has 10 heteroatoms. The number of amides is 1. The first kappa shape index (κ1) is 20.7. The van der Waals surface area contributed by atoms with E-state index in [1.165, 1.54) is 10.2 Å². The summed E-state index contributed by atoms with van der Waals surface area (Å²) in [5.41, 5.74) is 3.16. The van der Waals surface area contributed by atoms with Crippen molar-refractivity contribution in [3.63, 3.8) is 0 Å². The first-order valence-corrected chi connectivity index (χ1v) is 11.2. The number of aromatic nitrogens is 2. The van der Waals surface area contributed by atoms with Crippen LogP contribution in [0.25, 0.3) is 11.5 Å². The Morgan fingerprint density at radius 2 is 2.14 bits per heavy atom. The number of nitrogens with one attached hydrogen (secondary N) is 1. The van der Waals surface area contributed by atoms with Crippen LogP contribution in [0.1, 0.15) is 17.5 Å². The van der Waals surface area contributed by atoms with Gasteiger partial charge in [-0.25, -0.2) is 13.1 Å². The summed E-state index contributed by atoms with van der Waals surface area (Å²) >= 11 is 5.24. The molecule has 0 unspecified atom stereocenters. The SMILES string of the molecule is Cc1ccc(-c2nn(CN(C)CC(=O)N[C@@H]3CCS(=O)(=O)C3)c(=S)o2)cc1C. The van der Waals surface area contributed by atoms with E-state index in [-0.39, 0.29) is 41.5 Å². The second-order valence-corrected chi connectivity index (χ2v) is 9.87. The van der Waals surface area contributed by atoms with Gasteiger partial charge in [-0.05, 0) is 62.8 Å². The lowest BCUT2D eigenvalue weighted by Gasteiger charge is -2.17. The van der Waals surface area contributed by atoms with Gasteiger partial charge < -0.3 is 9.73 Å². The van der Waals surface area contributed by atoms with E-state index in [4.69, 9.17) is 16.6 Å². The number of rotatable bonds is 6. The average Bonchev–Trinajstić information content (AvgIpc) is 3.12. The van der Waals surface area contributed by atoms with E-state index in [1.54, 1.807) is 11.9 Å². The van der Waals surface area contributed by atoms with Crippen LogP contribution in [0.15, 0.2) is 22.6 Å². The van der Waals surface area contributed by atoms with Crippen molar-refractivity contribution >= 4 is 28.0 Å². The molecule has 1 aliphatic heterocycles. The van der Waals surface area contributed by atoms with Gasteiger partial charge >= 0.3 is 0 Å². The lowest BCUT2D eigenvalue weighted by molar-refractivity contribution is -0.122. The van der Waals surface area contributed by atoms with Crippen molar-refractivity contribution in [2.45, 2.75) is 33.0 Å². The van der Waals surface area contributed by atoms with Crippen molar-refractivity contribution in [1.29, 1.82) is 0 Å². The molecule has 3 rings (SSSR count). The monoisotopic (exact) mass is 424 g/mol. The number of aryl methyl sites for hydroxylation is 2. The van der Waals surface area contributed by atoms with Gasteiger partial charge in [0.25, 0.3) is 4.84 Å². The number of hydrogen-bond donors (Lipinski definition) is 1. The van der Waals surface area contributed by atoms with Gasteiger partial charge in [0.1, 0.15) is 0 Å². The number of benzene rings is 1. The highest BCUT2D eigenvalue weighted by molar-refractivity contribution is 7.91. The number of hydrogen-bond acceptors (Lipinski definition) is 7. The summed E-state index contributed by atoms with van der Waals surface area (Å²) in [5, 5.41) is 7.18. The second-order valence-electron chi connectivity index (χ2n) is 7.29. The highest BCUT2D eigenvalue weighted by Crippen LogP contribution is 2.21. The average molecular weight is 425 g/mol. The van der Waals surface area contributed by atoms with Gasteiger partial charge in [0.2, 0.25) is 11.8 Å². The van der Waals surface area contributed by atoms with E-state index in [2.05, 4.69) is 10.4 Å². The van der Waals surface area contributed by atoms with Crippen LogP contribution in [0.3, 0.4) is 0 Å². The van der Waals surface area contributed by atoms with Crippen LogP contribution in [0.2, 0.25) is 0 Å². The smallest absolute Gasteiger partial charge is 0.288 e. The van der Waals surface area contributed by atoms with Crippen LogP contribution in [0.5, 0.6) is 0 Å². The van der Waals surface area contributed by atoms with Crippen LogP contribution in [-0.2, 0) is 21.3 Å². The Morgan fingerprint density at radius 3 is 2.79 bits per heavy atom. The maximum atomic E-state index is 12.2. The molecule has 1 atom stereocenters. The fourth-order valence-corrected chi connectivity index (χ4v) is 4.94. The Bertz CT molecular complexity index is 1040. The Hall–Kier alpha value is -2.04. The molecule has 1 N–H and O–H groups in total.